The first-order chi connectivity index (χ1) is 12.0. The summed E-state index contributed by atoms with van der Waals surface area (Å²) in [7, 11) is 0. The van der Waals surface area contributed by atoms with E-state index in [0.717, 1.165) is 0 Å². The maximum absolute atomic E-state index is 11.4. The standard InChI is InChI=1S/C16H17Cl2N3O3S/c1-3-23-14(22)7-11-9-25-16(20-11)21-19-8-10-5-12(17)15(24-4-2)13(18)6-10/h5-6,8-9H,3-4,7H2,1-2H3,(H,20,21)/b19-8-. The molecule has 2 aromatic rings. The third-order valence-corrected chi connectivity index (χ3v) is 4.22. The second-order valence-corrected chi connectivity index (χ2v) is 6.41. The van der Waals surface area contributed by atoms with Gasteiger partial charge in [-0.25, -0.2) is 4.98 Å². The van der Waals surface area contributed by atoms with Crippen LogP contribution in [0, 0.1) is 0 Å². The molecule has 0 bridgehead atoms. The van der Waals surface area contributed by atoms with Crippen molar-refractivity contribution in [3.8, 4) is 5.75 Å². The zero-order valence-corrected chi connectivity index (χ0v) is 16.0. The number of hydrogen-bond donors (Lipinski definition) is 1. The molecule has 6 nitrogen and oxygen atoms in total. The highest BCUT2D eigenvalue weighted by atomic mass is 35.5. The molecule has 1 heterocycles. The highest BCUT2D eigenvalue weighted by Gasteiger charge is 2.09. The van der Waals surface area contributed by atoms with Crippen LogP contribution in [0.15, 0.2) is 22.6 Å². The van der Waals surface area contributed by atoms with Crippen LogP contribution in [0.1, 0.15) is 25.1 Å². The molecule has 9 heteroatoms. The van der Waals surface area contributed by atoms with Gasteiger partial charge in [0, 0.05) is 5.38 Å². The van der Waals surface area contributed by atoms with Crippen molar-refractivity contribution in [3.63, 3.8) is 0 Å². The van der Waals surface area contributed by atoms with Crippen LogP contribution in [-0.2, 0) is 16.0 Å². The Morgan fingerprint density at radius 3 is 2.68 bits per heavy atom. The number of nitrogens with zero attached hydrogens (tertiary/aromatic N) is 2. The van der Waals surface area contributed by atoms with E-state index in [0.29, 0.717) is 45.4 Å². The molecular formula is C16H17Cl2N3O3S. The van der Waals surface area contributed by atoms with Gasteiger partial charge in [-0.2, -0.15) is 5.10 Å². The number of anilines is 1. The Morgan fingerprint density at radius 2 is 2.04 bits per heavy atom. The van der Waals surface area contributed by atoms with Crippen LogP contribution in [0.5, 0.6) is 5.75 Å². The van der Waals surface area contributed by atoms with Gasteiger partial charge in [0.05, 0.1) is 41.6 Å². The van der Waals surface area contributed by atoms with Gasteiger partial charge in [-0.15, -0.1) is 11.3 Å². The minimum Gasteiger partial charge on any atom is -0.491 e. The number of nitrogens with one attached hydrogen (secondary N) is 1. The highest BCUT2D eigenvalue weighted by Crippen LogP contribution is 2.33. The second-order valence-electron chi connectivity index (χ2n) is 4.74. The van der Waals surface area contributed by atoms with Gasteiger partial charge in [0.1, 0.15) is 0 Å². The predicted octanol–water partition coefficient (Wildman–Crippen LogP) is 4.40. The molecule has 0 aliphatic heterocycles. The molecule has 1 aromatic carbocycles. The van der Waals surface area contributed by atoms with Gasteiger partial charge in [0.25, 0.3) is 0 Å². The Bertz CT molecular complexity index is 742. The van der Waals surface area contributed by atoms with Gasteiger partial charge in [-0.3, -0.25) is 10.2 Å². The van der Waals surface area contributed by atoms with Crippen LogP contribution in [-0.4, -0.2) is 30.4 Å². The molecule has 0 radical (unpaired) electrons. The first kappa shape index (κ1) is 19.5. The Kier molecular flexibility index (Phi) is 7.49. The average Bonchev–Trinajstić information content (AvgIpc) is 2.98. The van der Waals surface area contributed by atoms with E-state index >= 15 is 0 Å². The van der Waals surface area contributed by atoms with Gasteiger partial charge in [-0.05, 0) is 31.5 Å². The fraction of sp³-hybridized carbons (Fsp3) is 0.312. The van der Waals surface area contributed by atoms with Crippen molar-refractivity contribution in [2.24, 2.45) is 5.10 Å². The molecule has 2 rings (SSSR count). The molecule has 0 aliphatic rings. The number of thiazole rings is 1. The van der Waals surface area contributed by atoms with Crippen LogP contribution in [0.2, 0.25) is 10.0 Å². The Balaban J connectivity index is 1.97. The molecule has 0 atom stereocenters. The SMILES string of the molecule is CCOC(=O)Cc1csc(N/N=C\c2cc(Cl)c(OCC)c(Cl)c2)n1. The number of carbonyl (C=O) groups excluding carboxylic acids is 1. The third kappa shape index (κ3) is 5.88. The summed E-state index contributed by atoms with van der Waals surface area (Å²) in [6.45, 7) is 4.45. The highest BCUT2D eigenvalue weighted by molar-refractivity contribution is 7.13. The number of hydrazone groups is 1. The lowest BCUT2D eigenvalue weighted by atomic mass is 10.2. The van der Waals surface area contributed by atoms with Gasteiger partial charge in [0.15, 0.2) is 5.75 Å². The van der Waals surface area contributed by atoms with E-state index in [9.17, 15) is 4.79 Å². The number of ether oxygens (including phenoxy) is 2. The van der Waals surface area contributed by atoms with Crippen LogP contribution in [0.25, 0.3) is 0 Å². The molecule has 0 unspecified atom stereocenters. The van der Waals surface area contributed by atoms with E-state index in [1.165, 1.54) is 11.3 Å². The average molecular weight is 402 g/mol. The minimum absolute atomic E-state index is 0.139. The molecule has 1 aromatic heterocycles. The van der Waals surface area contributed by atoms with Crippen molar-refractivity contribution in [1.82, 2.24) is 4.98 Å². The van der Waals surface area contributed by atoms with Gasteiger partial charge >= 0.3 is 5.97 Å². The lowest BCUT2D eigenvalue weighted by Crippen LogP contribution is -2.07. The summed E-state index contributed by atoms with van der Waals surface area (Å²) in [6, 6.07) is 3.41. The molecule has 0 amide bonds. The van der Waals surface area contributed by atoms with Crippen molar-refractivity contribution in [1.29, 1.82) is 0 Å². The number of aromatic nitrogens is 1. The van der Waals surface area contributed by atoms with Crippen LogP contribution >= 0.6 is 34.5 Å². The fourth-order valence-corrected chi connectivity index (χ4v) is 3.17. The van der Waals surface area contributed by atoms with Crippen LogP contribution in [0.3, 0.4) is 0 Å². The summed E-state index contributed by atoms with van der Waals surface area (Å²) < 4.78 is 10.3. The molecule has 0 spiro atoms. The van der Waals surface area contributed by atoms with Crippen molar-refractivity contribution >= 4 is 51.9 Å². The van der Waals surface area contributed by atoms with Crippen molar-refractivity contribution < 1.29 is 14.3 Å². The van der Waals surface area contributed by atoms with Crippen molar-refractivity contribution in [2.45, 2.75) is 20.3 Å². The number of rotatable bonds is 8. The summed E-state index contributed by atoms with van der Waals surface area (Å²) in [4.78, 5) is 15.7. The number of halogens is 2. The summed E-state index contributed by atoms with van der Waals surface area (Å²) in [6.07, 6.45) is 1.71. The van der Waals surface area contributed by atoms with Gasteiger partial charge in [0.2, 0.25) is 5.13 Å². The molecule has 134 valence electrons. The third-order valence-electron chi connectivity index (χ3n) is 2.87. The number of carbonyl (C=O) groups is 1. The molecule has 0 saturated heterocycles. The van der Waals surface area contributed by atoms with E-state index in [1.807, 2.05) is 6.92 Å². The summed E-state index contributed by atoms with van der Waals surface area (Å²) in [5.41, 5.74) is 4.15. The molecule has 0 fully saturated rings. The largest absolute Gasteiger partial charge is 0.491 e. The van der Waals surface area contributed by atoms with Crippen LogP contribution < -0.4 is 10.2 Å². The molecule has 0 saturated carbocycles. The first-order valence-electron chi connectivity index (χ1n) is 7.54. The number of hydrogen-bond acceptors (Lipinski definition) is 7. The summed E-state index contributed by atoms with van der Waals surface area (Å²) in [5, 5.41) is 7.28. The molecular weight excluding hydrogens is 385 g/mol. The Hall–Kier alpha value is -1.83. The van der Waals surface area contributed by atoms with Crippen molar-refractivity contribution in [3.05, 3.63) is 38.8 Å². The zero-order chi connectivity index (χ0) is 18.2. The topological polar surface area (TPSA) is 72.8 Å². The van der Waals surface area contributed by atoms with E-state index in [1.54, 1.807) is 30.7 Å². The maximum atomic E-state index is 11.4. The Labute approximate surface area is 159 Å². The van der Waals surface area contributed by atoms with E-state index in [-0.39, 0.29) is 12.4 Å². The predicted molar refractivity (Wildman–Crippen MR) is 101 cm³/mol. The Morgan fingerprint density at radius 1 is 1.32 bits per heavy atom. The fourth-order valence-electron chi connectivity index (χ4n) is 1.90. The lowest BCUT2D eigenvalue weighted by Gasteiger charge is -2.08. The molecule has 25 heavy (non-hydrogen) atoms. The first-order valence-corrected chi connectivity index (χ1v) is 9.18. The minimum atomic E-state index is -0.304. The van der Waals surface area contributed by atoms with Crippen LogP contribution in [0.4, 0.5) is 5.13 Å². The smallest absolute Gasteiger partial charge is 0.311 e. The lowest BCUT2D eigenvalue weighted by molar-refractivity contribution is -0.142. The van der Waals surface area contributed by atoms with Gasteiger partial charge < -0.3 is 9.47 Å². The summed E-state index contributed by atoms with van der Waals surface area (Å²) >= 11 is 13.6. The molecule has 1 N–H and O–H groups in total. The zero-order valence-electron chi connectivity index (χ0n) is 13.7. The van der Waals surface area contributed by atoms with E-state index < -0.39 is 0 Å². The number of esters is 1. The van der Waals surface area contributed by atoms with Crippen molar-refractivity contribution in [2.75, 3.05) is 18.6 Å². The number of benzene rings is 1. The quantitative estimate of drug-likeness (QED) is 0.403. The second kappa shape index (κ2) is 9.60. The molecule has 0 aliphatic carbocycles. The summed E-state index contributed by atoms with van der Waals surface area (Å²) in [5.74, 6) is 0.154. The van der Waals surface area contributed by atoms with E-state index in [2.05, 4.69) is 15.5 Å². The normalized spacial score (nSPS) is 10.9. The van der Waals surface area contributed by atoms with Gasteiger partial charge in [-0.1, -0.05) is 23.2 Å². The maximum Gasteiger partial charge on any atom is 0.311 e. The van der Waals surface area contributed by atoms with E-state index in [4.69, 9.17) is 32.7 Å². The monoisotopic (exact) mass is 401 g/mol.